The van der Waals surface area contributed by atoms with E-state index in [0.29, 0.717) is 16.3 Å². The van der Waals surface area contributed by atoms with Gasteiger partial charge in [0.2, 0.25) is 0 Å². The monoisotopic (exact) mass is 463 g/mol. The van der Waals surface area contributed by atoms with E-state index < -0.39 is 11.9 Å². The fourth-order valence-electron chi connectivity index (χ4n) is 2.93. The molecule has 2 aromatic heterocycles. The molecule has 2 heterocycles. The first-order valence-corrected chi connectivity index (χ1v) is 10.3. The Balaban J connectivity index is 1.43. The molecule has 0 saturated heterocycles. The number of carbonyl (C=O) groups excluding carboxylic acids is 2. The highest BCUT2D eigenvalue weighted by Crippen LogP contribution is 2.25. The lowest BCUT2D eigenvalue weighted by atomic mass is 10.1. The van der Waals surface area contributed by atoms with E-state index in [1.54, 1.807) is 41.3 Å². The first-order chi connectivity index (χ1) is 15.9. The number of ether oxygens (including phenoxy) is 1. The Bertz CT molecular complexity index is 1320. The number of methoxy groups -OCH3 is 1. The molecule has 0 atom stereocenters. The van der Waals surface area contributed by atoms with Gasteiger partial charge in [0.05, 0.1) is 33.8 Å². The standard InChI is InChI=1S/C22H17N5O5S/c1-32-15-6-7-17(16(10-15)22(30)31)26-21(29)19-9-8-18(33-19)20(28)25-13-2-4-14(5-3-13)27-12-23-11-24-27/h2-12H,1H3,(H,25,28)(H,26,29)(H,30,31). The quantitative estimate of drug-likeness (QED) is 0.381. The molecule has 4 rings (SSSR count). The molecule has 0 aliphatic heterocycles. The predicted molar refractivity (Wildman–Crippen MR) is 122 cm³/mol. The van der Waals surface area contributed by atoms with Crippen LogP contribution in [-0.4, -0.2) is 44.8 Å². The van der Waals surface area contributed by atoms with Crippen LogP contribution in [0.25, 0.3) is 5.69 Å². The summed E-state index contributed by atoms with van der Waals surface area (Å²) in [5.74, 6) is -1.74. The largest absolute Gasteiger partial charge is 0.497 e. The van der Waals surface area contributed by atoms with E-state index in [1.807, 2.05) is 0 Å². The van der Waals surface area contributed by atoms with E-state index in [-0.39, 0.29) is 22.0 Å². The van der Waals surface area contributed by atoms with Crippen LogP contribution in [0.15, 0.2) is 67.3 Å². The fraction of sp³-hybridized carbons (Fsp3) is 0.0455. The molecule has 0 fully saturated rings. The number of carbonyl (C=O) groups is 3. The maximum absolute atomic E-state index is 12.6. The summed E-state index contributed by atoms with van der Waals surface area (Å²) in [6.07, 6.45) is 2.99. The number of nitrogens with one attached hydrogen (secondary N) is 2. The average Bonchev–Trinajstić information content (AvgIpc) is 3.52. The molecule has 2 aromatic carbocycles. The van der Waals surface area contributed by atoms with Crippen molar-refractivity contribution in [2.75, 3.05) is 17.7 Å². The minimum Gasteiger partial charge on any atom is -0.497 e. The molecule has 0 unspecified atom stereocenters. The Labute approximate surface area is 191 Å². The summed E-state index contributed by atoms with van der Waals surface area (Å²) in [6.45, 7) is 0. The van der Waals surface area contributed by atoms with Crippen LogP contribution >= 0.6 is 11.3 Å². The van der Waals surface area contributed by atoms with Gasteiger partial charge < -0.3 is 20.5 Å². The Kier molecular flexibility index (Phi) is 6.13. The van der Waals surface area contributed by atoms with Gasteiger partial charge in [0.1, 0.15) is 18.4 Å². The van der Waals surface area contributed by atoms with E-state index in [0.717, 1.165) is 17.0 Å². The molecule has 3 N–H and O–H groups in total. The van der Waals surface area contributed by atoms with Crippen molar-refractivity contribution in [2.24, 2.45) is 0 Å². The average molecular weight is 463 g/mol. The highest BCUT2D eigenvalue weighted by molar-refractivity contribution is 7.16. The van der Waals surface area contributed by atoms with E-state index >= 15 is 0 Å². The molecule has 0 aliphatic rings. The molecule has 2 amide bonds. The third kappa shape index (κ3) is 4.88. The van der Waals surface area contributed by atoms with E-state index in [1.165, 1.54) is 37.7 Å². The number of hydrogen-bond donors (Lipinski definition) is 3. The van der Waals surface area contributed by atoms with E-state index in [4.69, 9.17) is 4.74 Å². The summed E-state index contributed by atoms with van der Waals surface area (Å²) >= 11 is 0.992. The minimum atomic E-state index is -1.20. The normalized spacial score (nSPS) is 10.5. The fourth-order valence-corrected chi connectivity index (χ4v) is 3.73. The number of carboxylic acids is 1. The van der Waals surface area contributed by atoms with Crippen molar-refractivity contribution >= 4 is 40.5 Å². The van der Waals surface area contributed by atoms with Gasteiger partial charge in [-0.3, -0.25) is 9.59 Å². The number of aromatic carboxylic acids is 1. The second-order valence-corrected chi connectivity index (χ2v) is 7.76. The summed E-state index contributed by atoms with van der Waals surface area (Å²) in [5.41, 5.74) is 1.39. The Morgan fingerprint density at radius 2 is 1.67 bits per heavy atom. The van der Waals surface area contributed by atoms with Gasteiger partial charge in [-0.2, -0.15) is 5.10 Å². The summed E-state index contributed by atoms with van der Waals surface area (Å²) in [4.78, 5) is 41.2. The summed E-state index contributed by atoms with van der Waals surface area (Å²) in [7, 11) is 1.42. The van der Waals surface area contributed by atoms with Gasteiger partial charge in [0.15, 0.2) is 0 Å². The molecule has 0 aliphatic carbocycles. The Morgan fingerprint density at radius 1 is 0.970 bits per heavy atom. The lowest BCUT2D eigenvalue weighted by Crippen LogP contribution is -2.14. The number of carboxylic acid groups (broad SMARTS) is 1. The van der Waals surface area contributed by atoms with Gasteiger partial charge in [-0.15, -0.1) is 11.3 Å². The van der Waals surface area contributed by atoms with E-state index in [2.05, 4.69) is 20.7 Å². The smallest absolute Gasteiger partial charge is 0.337 e. The number of amides is 2. The number of aromatic nitrogens is 3. The molecule has 0 bridgehead atoms. The van der Waals surface area contributed by atoms with Crippen LogP contribution in [0, 0.1) is 0 Å². The van der Waals surface area contributed by atoms with E-state index in [9.17, 15) is 19.5 Å². The second-order valence-electron chi connectivity index (χ2n) is 6.68. The zero-order chi connectivity index (χ0) is 23.4. The Hall–Kier alpha value is -4.51. The number of thiophene rings is 1. The molecule has 166 valence electrons. The maximum atomic E-state index is 12.6. The van der Waals surface area contributed by atoms with Crippen LogP contribution in [0.1, 0.15) is 29.7 Å². The SMILES string of the molecule is COc1ccc(NC(=O)c2ccc(C(=O)Nc3ccc(-n4cncn4)cc3)s2)c(C(=O)O)c1. The molecule has 0 spiro atoms. The summed E-state index contributed by atoms with van der Waals surface area (Å²) in [5, 5.41) is 18.8. The molecule has 0 saturated carbocycles. The number of nitrogens with zero attached hydrogens (tertiary/aromatic N) is 3. The molecule has 33 heavy (non-hydrogen) atoms. The van der Waals surface area contributed by atoms with Gasteiger partial charge in [0.25, 0.3) is 11.8 Å². The number of rotatable bonds is 7. The first kappa shape index (κ1) is 21.7. The zero-order valence-electron chi connectivity index (χ0n) is 17.2. The van der Waals surface area contributed by atoms with Crippen molar-refractivity contribution < 1.29 is 24.2 Å². The lowest BCUT2D eigenvalue weighted by Gasteiger charge is -2.09. The van der Waals surface area contributed by atoms with Crippen molar-refractivity contribution in [3.05, 3.63) is 82.6 Å². The number of benzene rings is 2. The molecule has 0 radical (unpaired) electrons. The second kappa shape index (κ2) is 9.32. The van der Waals surface area contributed by atoms with Gasteiger partial charge in [-0.1, -0.05) is 0 Å². The Morgan fingerprint density at radius 3 is 2.27 bits per heavy atom. The van der Waals surface area contributed by atoms with Gasteiger partial charge in [-0.05, 0) is 54.6 Å². The summed E-state index contributed by atoms with van der Waals surface area (Å²) in [6, 6.07) is 14.4. The van der Waals surface area contributed by atoms with Crippen molar-refractivity contribution in [3.8, 4) is 11.4 Å². The third-order valence-corrected chi connectivity index (χ3v) is 5.65. The van der Waals surface area contributed by atoms with Crippen LogP contribution in [0.5, 0.6) is 5.75 Å². The van der Waals surface area contributed by atoms with Crippen LogP contribution in [-0.2, 0) is 0 Å². The van der Waals surface area contributed by atoms with Gasteiger partial charge in [-0.25, -0.2) is 14.5 Å². The number of anilines is 2. The topological polar surface area (TPSA) is 135 Å². The van der Waals surface area contributed by atoms with Gasteiger partial charge in [0, 0.05) is 5.69 Å². The minimum absolute atomic E-state index is 0.105. The van der Waals surface area contributed by atoms with Crippen LogP contribution in [0.4, 0.5) is 11.4 Å². The van der Waals surface area contributed by atoms with Crippen molar-refractivity contribution in [1.29, 1.82) is 0 Å². The summed E-state index contributed by atoms with van der Waals surface area (Å²) < 4.78 is 6.62. The molecular weight excluding hydrogens is 446 g/mol. The predicted octanol–water partition coefficient (Wildman–Crippen LogP) is 3.54. The molecule has 10 nitrogen and oxygen atoms in total. The van der Waals surface area contributed by atoms with Crippen molar-refractivity contribution in [3.63, 3.8) is 0 Å². The van der Waals surface area contributed by atoms with Crippen LogP contribution in [0.2, 0.25) is 0 Å². The van der Waals surface area contributed by atoms with Crippen LogP contribution in [0.3, 0.4) is 0 Å². The van der Waals surface area contributed by atoms with Crippen molar-refractivity contribution in [1.82, 2.24) is 14.8 Å². The van der Waals surface area contributed by atoms with Crippen molar-refractivity contribution in [2.45, 2.75) is 0 Å². The zero-order valence-corrected chi connectivity index (χ0v) is 18.0. The first-order valence-electron chi connectivity index (χ1n) is 9.53. The highest BCUT2D eigenvalue weighted by atomic mass is 32.1. The third-order valence-electron chi connectivity index (χ3n) is 4.57. The maximum Gasteiger partial charge on any atom is 0.337 e. The lowest BCUT2D eigenvalue weighted by molar-refractivity contribution is 0.0697. The molecule has 4 aromatic rings. The number of hydrogen-bond acceptors (Lipinski definition) is 7. The molecular formula is C22H17N5O5S. The van der Waals surface area contributed by atoms with Crippen LogP contribution < -0.4 is 15.4 Å². The highest BCUT2D eigenvalue weighted by Gasteiger charge is 2.18. The van der Waals surface area contributed by atoms with Gasteiger partial charge >= 0.3 is 5.97 Å². The molecule has 11 heteroatoms.